The van der Waals surface area contributed by atoms with Gasteiger partial charge < -0.3 is 5.73 Å². The molecule has 2 fully saturated rings. The predicted octanol–water partition coefficient (Wildman–Crippen LogP) is 0.871. The second-order valence-electron chi connectivity index (χ2n) is 5.26. The smallest absolute Gasteiger partial charge is 0.0905 e. The zero-order chi connectivity index (χ0) is 11.5. The van der Waals surface area contributed by atoms with Crippen molar-refractivity contribution in [1.29, 1.82) is 5.41 Å². The maximum absolute atomic E-state index is 7.23. The van der Waals surface area contributed by atoms with E-state index in [4.69, 9.17) is 11.1 Å². The zero-order valence-electron chi connectivity index (χ0n) is 10.3. The molecule has 0 aromatic rings. The summed E-state index contributed by atoms with van der Waals surface area (Å²) < 4.78 is 0. The highest BCUT2D eigenvalue weighted by molar-refractivity contribution is 5.76. The molecule has 0 bridgehead atoms. The Hall–Kier alpha value is -0.610. The van der Waals surface area contributed by atoms with Crippen LogP contribution in [0.25, 0.3) is 0 Å². The highest BCUT2D eigenvalue weighted by Gasteiger charge is 2.33. The molecule has 0 amide bonds. The maximum Gasteiger partial charge on any atom is 0.0905 e. The van der Waals surface area contributed by atoms with E-state index in [1.165, 1.54) is 32.5 Å². The van der Waals surface area contributed by atoms with Gasteiger partial charge in [-0.1, -0.05) is 0 Å². The second-order valence-corrected chi connectivity index (χ2v) is 5.26. The van der Waals surface area contributed by atoms with Crippen LogP contribution in [0.5, 0.6) is 0 Å². The Bertz CT molecular complexity index is 253. The molecule has 2 aliphatic heterocycles. The molecule has 2 aliphatic rings. The van der Waals surface area contributed by atoms with E-state index in [2.05, 4.69) is 16.7 Å². The van der Waals surface area contributed by atoms with Gasteiger partial charge in [0.1, 0.15) is 0 Å². The third-order valence-electron chi connectivity index (χ3n) is 3.96. The first-order valence-electron chi connectivity index (χ1n) is 6.48. The van der Waals surface area contributed by atoms with Crippen molar-refractivity contribution in [3.63, 3.8) is 0 Å². The lowest BCUT2D eigenvalue weighted by Gasteiger charge is -2.42. The predicted molar refractivity (Wildman–Crippen MR) is 66.8 cm³/mol. The zero-order valence-corrected chi connectivity index (χ0v) is 10.3. The van der Waals surface area contributed by atoms with E-state index in [0.717, 1.165) is 25.4 Å². The number of nitrogens with two attached hydrogens (primary N) is 1. The van der Waals surface area contributed by atoms with E-state index >= 15 is 0 Å². The van der Waals surface area contributed by atoms with E-state index in [0.29, 0.717) is 11.9 Å². The molecule has 0 aromatic heterocycles. The first-order valence-corrected chi connectivity index (χ1v) is 6.48. The van der Waals surface area contributed by atoms with Crippen LogP contribution in [-0.4, -0.2) is 53.9 Å². The Balaban J connectivity index is 1.78. The number of rotatable bonds is 4. The van der Waals surface area contributed by atoms with Gasteiger partial charge in [-0.2, -0.15) is 0 Å². The quantitative estimate of drug-likeness (QED) is 0.550. The number of fused-ring (bicyclic) bond motifs is 1. The largest absolute Gasteiger partial charge is 0.388 e. The monoisotopic (exact) mass is 224 g/mol. The van der Waals surface area contributed by atoms with Gasteiger partial charge in [0.15, 0.2) is 0 Å². The molecular formula is C12H24N4. The first-order chi connectivity index (χ1) is 7.66. The summed E-state index contributed by atoms with van der Waals surface area (Å²) >= 11 is 0. The van der Waals surface area contributed by atoms with Gasteiger partial charge in [-0.3, -0.25) is 15.2 Å². The van der Waals surface area contributed by atoms with Crippen molar-refractivity contribution < 1.29 is 0 Å². The molecule has 16 heavy (non-hydrogen) atoms. The maximum atomic E-state index is 7.23. The van der Waals surface area contributed by atoms with Crippen LogP contribution in [0.2, 0.25) is 0 Å². The summed E-state index contributed by atoms with van der Waals surface area (Å²) in [6.45, 7) is 7.17. The average Bonchev–Trinajstić information content (AvgIpc) is 2.64. The van der Waals surface area contributed by atoms with E-state index in [-0.39, 0.29) is 0 Å². The van der Waals surface area contributed by atoms with Gasteiger partial charge in [0, 0.05) is 31.6 Å². The van der Waals surface area contributed by atoms with Gasteiger partial charge in [0.05, 0.1) is 5.84 Å². The summed E-state index contributed by atoms with van der Waals surface area (Å²) in [4.78, 5) is 5.22. The van der Waals surface area contributed by atoms with Crippen molar-refractivity contribution in [1.82, 2.24) is 9.80 Å². The summed E-state index contributed by atoms with van der Waals surface area (Å²) in [6, 6.07) is 1.47. The second kappa shape index (κ2) is 5.15. The van der Waals surface area contributed by atoms with Crippen LogP contribution >= 0.6 is 0 Å². The molecule has 4 heteroatoms. The standard InChI is InChI=1S/C12H24N4/c1-10-8-16-7-2-4-11(16)9-15(10)6-3-5-12(13)14/h10-11H,2-9H2,1H3,(H3,13,14). The molecule has 4 nitrogen and oxygen atoms in total. The molecule has 2 atom stereocenters. The number of piperazine rings is 1. The minimum absolute atomic E-state index is 0.326. The molecule has 0 aliphatic carbocycles. The fourth-order valence-corrected chi connectivity index (χ4v) is 3.03. The summed E-state index contributed by atoms with van der Waals surface area (Å²) in [7, 11) is 0. The summed E-state index contributed by atoms with van der Waals surface area (Å²) in [6.07, 6.45) is 4.53. The van der Waals surface area contributed by atoms with Gasteiger partial charge in [-0.15, -0.1) is 0 Å². The van der Waals surface area contributed by atoms with Crippen LogP contribution in [0.4, 0.5) is 0 Å². The Labute approximate surface area is 98.3 Å². The van der Waals surface area contributed by atoms with Gasteiger partial charge in [-0.25, -0.2) is 0 Å². The lowest BCUT2D eigenvalue weighted by molar-refractivity contribution is 0.0592. The average molecular weight is 224 g/mol. The molecule has 2 heterocycles. The van der Waals surface area contributed by atoms with Crippen LogP contribution in [0, 0.1) is 5.41 Å². The van der Waals surface area contributed by atoms with Crippen LogP contribution in [-0.2, 0) is 0 Å². The van der Waals surface area contributed by atoms with Crippen molar-refractivity contribution in [2.45, 2.75) is 44.7 Å². The highest BCUT2D eigenvalue weighted by Crippen LogP contribution is 2.24. The number of amidine groups is 1. The van der Waals surface area contributed by atoms with Gasteiger partial charge in [-0.05, 0) is 39.3 Å². The van der Waals surface area contributed by atoms with Crippen molar-refractivity contribution in [3.8, 4) is 0 Å². The van der Waals surface area contributed by atoms with E-state index < -0.39 is 0 Å². The Morgan fingerprint density at radius 1 is 1.44 bits per heavy atom. The normalized spacial score (nSPS) is 31.6. The van der Waals surface area contributed by atoms with Crippen LogP contribution < -0.4 is 5.73 Å². The van der Waals surface area contributed by atoms with Crippen molar-refractivity contribution >= 4 is 5.84 Å². The fourth-order valence-electron chi connectivity index (χ4n) is 3.03. The lowest BCUT2D eigenvalue weighted by atomic mass is 10.1. The van der Waals surface area contributed by atoms with Crippen LogP contribution in [0.3, 0.4) is 0 Å². The lowest BCUT2D eigenvalue weighted by Crippen LogP contribution is -2.55. The molecule has 3 N–H and O–H groups in total. The molecule has 2 rings (SSSR count). The number of nitrogens with one attached hydrogen (secondary N) is 1. The number of hydrogen-bond acceptors (Lipinski definition) is 3. The Morgan fingerprint density at radius 2 is 2.25 bits per heavy atom. The van der Waals surface area contributed by atoms with Gasteiger partial charge >= 0.3 is 0 Å². The van der Waals surface area contributed by atoms with E-state index in [1.54, 1.807) is 0 Å². The Morgan fingerprint density at radius 3 is 3.00 bits per heavy atom. The number of hydrogen-bond donors (Lipinski definition) is 2. The van der Waals surface area contributed by atoms with Crippen molar-refractivity contribution in [3.05, 3.63) is 0 Å². The molecule has 0 radical (unpaired) electrons. The minimum atomic E-state index is 0.326. The van der Waals surface area contributed by atoms with Crippen molar-refractivity contribution in [2.75, 3.05) is 26.2 Å². The summed E-state index contributed by atoms with van der Waals surface area (Å²) in [5, 5.41) is 7.23. The van der Waals surface area contributed by atoms with E-state index in [9.17, 15) is 0 Å². The minimum Gasteiger partial charge on any atom is -0.388 e. The highest BCUT2D eigenvalue weighted by atomic mass is 15.3. The fraction of sp³-hybridized carbons (Fsp3) is 0.917. The van der Waals surface area contributed by atoms with Gasteiger partial charge in [0.25, 0.3) is 0 Å². The van der Waals surface area contributed by atoms with Gasteiger partial charge in [0.2, 0.25) is 0 Å². The SMILES string of the molecule is CC1CN2CCCC2CN1CCCC(=N)N. The molecule has 2 unspecified atom stereocenters. The van der Waals surface area contributed by atoms with Crippen molar-refractivity contribution in [2.24, 2.45) is 5.73 Å². The first kappa shape index (κ1) is 11.9. The molecule has 92 valence electrons. The third kappa shape index (κ3) is 2.74. The summed E-state index contributed by atoms with van der Waals surface area (Å²) in [5.41, 5.74) is 5.38. The van der Waals surface area contributed by atoms with E-state index in [1.807, 2.05) is 0 Å². The summed E-state index contributed by atoms with van der Waals surface area (Å²) in [5.74, 6) is 0.326. The number of nitrogens with zero attached hydrogens (tertiary/aromatic N) is 2. The molecule has 0 saturated carbocycles. The molecular weight excluding hydrogens is 200 g/mol. The molecule has 0 aromatic carbocycles. The Kier molecular flexibility index (Phi) is 3.82. The van der Waals surface area contributed by atoms with Crippen LogP contribution in [0.1, 0.15) is 32.6 Å². The molecule has 0 spiro atoms. The third-order valence-corrected chi connectivity index (χ3v) is 3.96. The van der Waals surface area contributed by atoms with Crippen LogP contribution in [0.15, 0.2) is 0 Å². The molecule has 2 saturated heterocycles. The topological polar surface area (TPSA) is 56.4 Å².